The molecule has 1 N–H and O–H groups in total. The van der Waals surface area contributed by atoms with E-state index in [0.717, 1.165) is 18.7 Å². The molecule has 1 heterocycles. The molecule has 1 aliphatic heterocycles. The number of rotatable bonds is 8. The molecule has 0 fully saturated rings. The van der Waals surface area contributed by atoms with Crippen LogP contribution >= 0.6 is 0 Å². The normalized spacial score (nSPS) is 20.8. The molecule has 1 aliphatic rings. The van der Waals surface area contributed by atoms with Crippen LogP contribution in [0, 0.1) is 0 Å². The van der Waals surface area contributed by atoms with Crippen LogP contribution in [0.4, 0.5) is 0 Å². The minimum absolute atomic E-state index is 0.308. The molecule has 0 aliphatic carbocycles. The molecule has 2 rings (SSSR count). The number of benzene rings is 1. The monoisotopic (exact) mass is 275 g/mol. The predicted molar refractivity (Wildman–Crippen MR) is 85.4 cm³/mol. The lowest BCUT2D eigenvalue weighted by Gasteiger charge is -2.19. The summed E-state index contributed by atoms with van der Waals surface area (Å²) in [5.41, 5.74) is 2.83. The lowest BCUT2D eigenvalue weighted by molar-refractivity contribution is 0.178. The van der Waals surface area contributed by atoms with Gasteiger partial charge in [-0.05, 0) is 43.9 Å². The van der Waals surface area contributed by atoms with Gasteiger partial charge in [-0.1, -0.05) is 45.7 Å². The minimum Gasteiger partial charge on any atom is -0.488 e. The van der Waals surface area contributed by atoms with E-state index in [9.17, 15) is 0 Å². The zero-order chi connectivity index (χ0) is 14.4. The average Bonchev–Trinajstić information content (AvgIpc) is 2.80. The standard InChI is InChI=1S/C18H29NO/c1-4-7-9-14-10-11-16-15(13-14)18(19-12-6-3)17(20-16)8-5-2/h10-11,13,17-19H,4-9,12H2,1-3H3. The Morgan fingerprint density at radius 3 is 2.65 bits per heavy atom. The summed E-state index contributed by atoms with van der Waals surface area (Å²) < 4.78 is 6.15. The van der Waals surface area contributed by atoms with Crippen LogP contribution < -0.4 is 10.1 Å². The first kappa shape index (κ1) is 15.4. The molecule has 0 amide bonds. The summed E-state index contributed by atoms with van der Waals surface area (Å²) in [4.78, 5) is 0. The van der Waals surface area contributed by atoms with E-state index in [0.29, 0.717) is 12.1 Å². The van der Waals surface area contributed by atoms with Gasteiger partial charge in [0.1, 0.15) is 11.9 Å². The molecule has 2 atom stereocenters. The molecule has 0 aromatic heterocycles. The molecular formula is C18H29NO. The van der Waals surface area contributed by atoms with E-state index >= 15 is 0 Å². The quantitative estimate of drug-likeness (QED) is 0.747. The van der Waals surface area contributed by atoms with Crippen LogP contribution in [0.25, 0.3) is 0 Å². The number of hydrogen-bond donors (Lipinski definition) is 1. The van der Waals surface area contributed by atoms with Crippen molar-refractivity contribution in [3.05, 3.63) is 29.3 Å². The van der Waals surface area contributed by atoms with E-state index < -0.39 is 0 Å². The fourth-order valence-electron chi connectivity index (χ4n) is 2.97. The smallest absolute Gasteiger partial charge is 0.124 e. The zero-order valence-corrected chi connectivity index (χ0v) is 13.2. The highest BCUT2D eigenvalue weighted by Crippen LogP contribution is 2.39. The van der Waals surface area contributed by atoms with Crippen LogP contribution in [0.3, 0.4) is 0 Å². The molecule has 112 valence electrons. The van der Waals surface area contributed by atoms with Crippen molar-refractivity contribution >= 4 is 0 Å². The van der Waals surface area contributed by atoms with Crippen molar-refractivity contribution in [3.8, 4) is 5.75 Å². The summed E-state index contributed by atoms with van der Waals surface area (Å²) >= 11 is 0. The van der Waals surface area contributed by atoms with Crippen molar-refractivity contribution in [2.45, 2.75) is 71.4 Å². The minimum atomic E-state index is 0.308. The maximum Gasteiger partial charge on any atom is 0.124 e. The van der Waals surface area contributed by atoms with E-state index in [1.54, 1.807) is 0 Å². The zero-order valence-electron chi connectivity index (χ0n) is 13.2. The van der Waals surface area contributed by atoms with E-state index in [-0.39, 0.29) is 0 Å². The van der Waals surface area contributed by atoms with Crippen LogP contribution in [0.1, 0.15) is 70.0 Å². The molecule has 0 spiro atoms. The molecule has 0 bridgehead atoms. The Morgan fingerprint density at radius 1 is 1.10 bits per heavy atom. The van der Waals surface area contributed by atoms with Gasteiger partial charge < -0.3 is 10.1 Å². The molecule has 1 aromatic rings. The Balaban J connectivity index is 2.16. The van der Waals surface area contributed by atoms with Crippen molar-refractivity contribution in [3.63, 3.8) is 0 Å². The van der Waals surface area contributed by atoms with Crippen molar-refractivity contribution in [2.75, 3.05) is 6.54 Å². The molecule has 0 radical (unpaired) electrons. The number of hydrogen-bond acceptors (Lipinski definition) is 2. The number of nitrogens with one attached hydrogen (secondary N) is 1. The van der Waals surface area contributed by atoms with Gasteiger partial charge in [-0.3, -0.25) is 0 Å². The third kappa shape index (κ3) is 3.54. The second-order valence-corrected chi connectivity index (χ2v) is 5.85. The Hall–Kier alpha value is -1.02. The third-order valence-electron chi connectivity index (χ3n) is 4.07. The topological polar surface area (TPSA) is 21.3 Å². The Bertz CT molecular complexity index is 416. The van der Waals surface area contributed by atoms with Crippen LogP contribution in [0.5, 0.6) is 5.75 Å². The largest absolute Gasteiger partial charge is 0.488 e. The number of aryl methyl sites for hydroxylation is 1. The van der Waals surface area contributed by atoms with Crippen molar-refractivity contribution in [1.29, 1.82) is 0 Å². The first-order chi connectivity index (χ1) is 9.80. The van der Waals surface area contributed by atoms with Gasteiger partial charge in [-0.25, -0.2) is 0 Å². The van der Waals surface area contributed by atoms with E-state index in [1.165, 1.54) is 43.2 Å². The summed E-state index contributed by atoms with van der Waals surface area (Å²) in [7, 11) is 0. The van der Waals surface area contributed by atoms with Gasteiger partial charge in [-0.15, -0.1) is 0 Å². The summed E-state index contributed by atoms with van der Waals surface area (Å²) in [5.74, 6) is 1.09. The molecule has 20 heavy (non-hydrogen) atoms. The second-order valence-electron chi connectivity index (χ2n) is 5.85. The molecular weight excluding hydrogens is 246 g/mol. The Kier molecular flexibility index (Phi) is 5.90. The van der Waals surface area contributed by atoms with Crippen LogP contribution in [-0.4, -0.2) is 12.6 Å². The maximum atomic E-state index is 6.15. The van der Waals surface area contributed by atoms with Gasteiger partial charge in [0, 0.05) is 5.56 Å². The van der Waals surface area contributed by atoms with E-state index in [2.05, 4.69) is 44.3 Å². The summed E-state index contributed by atoms with van der Waals surface area (Å²) in [6.07, 6.45) is 7.48. The van der Waals surface area contributed by atoms with Crippen LogP contribution in [-0.2, 0) is 6.42 Å². The van der Waals surface area contributed by atoms with E-state index in [4.69, 9.17) is 4.74 Å². The van der Waals surface area contributed by atoms with Crippen molar-refractivity contribution in [1.82, 2.24) is 5.32 Å². The molecule has 2 nitrogen and oxygen atoms in total. The average molecular weight is 275 g/mol. The van der Waals surface area contributed by atoms with Gasteiger partial charge in [0.15, 0.2) is 0 Å². The van der Waals surface area contributed by atoms with Gasteiger partial charge in [0.25, 0.3) is 0 Å². The number of ether oxygens (including phenoxy) is 1. The predicted octanol–water partition coefficient (Wildman–Crippen LogP) is 4.63. The van der Waals surface area contributed by atoms with Gasteiger partial charge >= 0.3 is 0 Å². The highest BCUT2D eigenvalue weighted by atomic mass is 16.5. The number of fused-ring (bicyclic) bond motifs is 1. The molecule has 0 saturated heterocycles. The van der Waals surface area contributed by atoms with E-state index in [1.807, 2.05) is 0 Å². The number of unbranched alkanes of at least 4 members (excludes halogenated alkanes) is 1. The maximum absolute atomic E-state index is 6.15. The summed E-state index contributed by atoms with van der Waals surface area (Å²) in [6, 6.07) is 7.16. The van der Waals surface area contributed by atoms with Gasteiger partial charge in [0.05, 0.1) is 6.04 Å². The van der Waals surface area contributed by atoms with Crippen molar-refractivity contribution in [2.24, 2.45) is 0 Å². The molecule has 2 unspecified atom stereocenters. The first-order valence-electron chi connectivity index (χ1n) is 8.33. The Labute approximate surface area is 123 Å². The second kappa shape index (κ2) is 7.68. The summed E-state index contributed by atoms with van der Waals surface area (Å²) in [6.45, 7) is 7.76. The molecule has 2 heteroatoms. The fraction of sp³-hybridized carbons (Fsp3) is 0.667. The fourth-order valence-corrected chi connectivity index (χ4v) is 2.97. The highest BCUT2D eigenvalue weighted by Gasteiger charge is 2.33. The third-order valence-corrected chi connectivity index (χ3v) is 4.07. The highest BCUT2D eigenvalue weighted by molar-refractivity contribution is 5.43. The van der Waals surface area contributed by atoms with Crippen molar-refractivity contribution < 1.29 is 4.74 Å². The van der Waals surface area contributed by atoms with Crippen LogP contribution in [0.15, 0.2) is 18.2 Å². The first-order valence-corrected chi connectivity index (χ1v) is 8.33. The van der Waals surface area contributed by atoms with Gasteiger partial charge in [0.2, 0.25) is 0 Å². The molecule has 0 saturated carbocycles. The Morgan fingerprint density at radius 2 is 1.95 bits per heavy atom. The van der Waals surface area contributed by atoms with Crippen LogP contribution in [0.2, 0.25) is 0 Å². The SMILES string of the molecule is CCCCc1ccc2c(c1)C(NCCC)C(CCC)O2. The van der Waals surface area contributed by atoms with Gasteiger partial charge in [-0.2, -0.15) is 0 Å². The lowest BCUT2D eigenvalue weighted by atomic mass is 9.97. The molecule has 1 aromatic carbocycles. The lowest BCUT2D eigenvalue weighted by Crippen LogP contribution is -2.31. The summed E-state index contributed by atoms with van der Waals surface area (Å²) in [5, 5.41) is 3.68.